The van der Waals surface area contributed by atoms with Gasteiger partial charge in [-0.15, -0.1) is 0 Å². The number of halogens is 2. The summed E-state index contributed by atoms with van der Waals surface area (Å²) in [6.07, 6.45) is 1.72. The van der Waals surface area contributed by atoms with Gasteiger partial charge < -0.3 is 4.90 Å². The second kappa shape index (κ2) is 10.3. The highest BCUT2D eigenvalue weighted by atomic mass is 19.1. The summed E-state index contributed by atoms with van der Waals surface area (Å²) < 4.78 is 29.1. The molecule has 0 atom stereocenters. The number of aryl methyl sites for hydroxylation is 1. The summed E-state index contributed by atoms with van der Waals surface area (Å²) >= 11 is 0. The molecule has 3 aromatic carbocycles. The largest absolute Gasteiger partial charge is 0.330 e. The molecule has 35 heavy (non-hydrogen) atoms. The highest BCUT2D eigenvalue weighted by Gasteiger charge is 2.20. The lowest BCUT2D eigenvalue weighted by atomic mass is 10.2. The van der Waals surface area contributed by atoms with E-state index in [1.807, 2.05) is 30.3 Å². The molecule has 0 unspecified atom stereocenters. The predicted octanol–water partition coefficient (Wildman–Crippen LogP) is 5.23. The normalized spacial score (nSPS) is 10.7. The van der Waals surface area contributed by atoms with Gasteiger partial charge in [0, 0.05) is 23.9 Å². The van der Waals surface area contributed by atoms with Crippen molar-refractivity contribution >= 4 is 17.8 Å². The highest BCUT2D eigenvalue weighted by molar-refractivity contribution is 5.99. The Bertz CT molecular complexity index is 1350. The summed E-state index contributed by atoms with van der Waals surface area (Å²) in [4.78, 5) is 31.6. The number of likely N-dealkylation sites (N-methyl/N-ethyl adjacent to an activating group) is 1. The van der Waals surface area contributed by atoms with Gasteiger partial charge in [0.2, 0.25) is 11.9 Å². The van der Waals surface area contributed by atoms with Crippen LogP contribution < -0.4 is 5.32 Å². The van der Waals surface area contributed by atoms with Gasteiger partial charge in [0.15, 0.2) is 0 Å². The number of hydrogen-bond donors (Lipinski definition) is 1. The molecule has 0 bridgehead atoms. The molecule has 2 amide bonds. The van der Waals surface area contributed by atoms with Crippen molar-refractivity contribution in [2.24, 2.45) is 0 Å². The molecule has 4 aromatic rings. The standard InChI is InChI=1S/C27H24F2N4O2/c1-3-32(26(35)20-10-12-21(28)13-11-20)17-25(34)31-27-30-24(19-7-5-4-6-8-19)16-33(27)22-14-9-18(2)23(29)15-22/h4-16H,3,17H2,1-2H3,(H,30,31,34). The molecule has 178 valence electrons. The monoisotopic (exact) mass is 474 g/mol. The van der Waals surface area contributed by atoms with E-state index in [0.29, 0.717) is 16.9 Å². The van der Waals surface area contributed by atoms with Crippen LogP contribution in [0.3, 0.4) is 0 Å². The van der Waals surface area contributed by atoms with Crippen molar-refractivity contribution in [3.63, 3.8) is 0 Å². The van der Waals surface area contributed by atoms with Gasteiger partial charge in [0.1, 0.15) is 18.2 Å². The van der Waals surface area contributed by atoms with Gasteiger partial charge in [-0.3, -0.25) is 19.5 Å². The summed E-state index contributed by atoms with van der Waals surface area (Å²) in [5.74, 6) is -1.49. The van der Waals surface area contributed by atoms with Gasteiger partial charge in [-0.05, 0) is 55.8 Å². The first-order chi connectivity index (χ1) is 16.9. The van der Waals surface area contributed by atoms with Crippen molar-refractivity contribution < 1.29 is 18.4 Å². The van der Waals surface area contributed by atoms with Gasteiger partial charge >= 0.3 is 0 Å². The van der Waals surface area contributed by atoms with Gasteiger partial charge in [0.05, 0.1) is 11.4 Å². The molecule has 0 aliphatic rings. The van der Waals surface area contributed by atoms with Crippen molar-refractivity contribution in [2.75, 3.05) is 18.4 Å². The minimum absolute atomic E-state index is 0.197. The molecule has 0 radical (unpaired) electrons. The van der Waals surface area contributed by atoms with E-state index in [1.54, 1.807) is 36.7 Å². The maximum Gasteiger partial charge on any atom is 0.254 e. The smallest absolute Gasteiger partial charge is 0.254 e. The molecule has 1 N–H and O–H groups in total. The number of carbonyl (C=O) groups excluding carboxylic acids is 2. The third-order valence-corrected chi connectivity index (χ3v) is 5.55. The molecule has 0 aliphatic heterocycles. The average Bonchev–Trinajstić information content (AvgIpc) is 3.28. The number of anilines is 1. The number of carbonyl (C=O) groups is 2. The van der Waals surface area contributed by atoms with E-state index < -0.39 is 17.6 Å². The van der Waals surface area contributed by atoms with E-state index in [4.69, 9.17) is 0 Å². The molecule has 6 nitrogen and oxygen atoms in total. The van der Waals surface area contributed by atoms with Crippen molar-refractivity contribution in [3.05, 3.63) is 102 Å². The number of imidazole rings is 1. The molecule has 0 saturated heterocycles. The summed E-state index contributed by atoms with van der Waals surface area (Å²) in [5, 5.41) is 2.75. The Morgan fingerprint density at radius 1 is 1.00 bits per heavy atom. The molecule has 0 saturated carbocycles. The minimum Gasteiger partial charge on any atom is -0.330 e. The second-order valence-corrected chi connectivity index (χ2v) is 7.99. The molecular weight excluding hydrogens is 450 g/mol. The molecule has 1 heterocycles. The quantitative estimate of drug-likeness (QED) is 0.399. The first-order valence-corrected chi connectivity index (χ1v) is 11.1. The predicted molar refractivity (Wildman–Crippen MR) is 130 cm³/mol. The van der Waals surface area contributed by atoms with Crippen LogP contribution in [0.4, 0.5) is 14.7 Å². The van der Waals surface area contributed by atoms with Crippen LogP contribution in [-0.4, -0.2) is 39.4 Å². The van der Waals surface area contributed by atoms with E-state index in [1.165, 1.54) is 35.2 Å². The molecule has 4 rings (SSSR count). The van der Waals surface area contributed by atoms with Crippen LogP contribution in [0.15, 0.2) is 79.0 Å². The lowest BCUT2D eigenvalue weighted by molar-refractivity contribution is -0.116. The number of benzene rings is 3. The molecule has 8 heteroatoms. The number of nitrogens with one attached hydrogen (secondary N) is 1. The molecule has 0 spiro atoms. The fourth-order valence-corrected chi connectivity index (χ4v) is 3.58. The number of amides is 2. The van der Waals surface area contributed by atoms with Gasteiger partial charge in [-0.25, -0.2) is 13.8 Å². The van der Waals surface area contributed by atoms with Crippen LogP contribution in [0.1, 0.15) is 22.8 Å². The zero-order chi connectivity index (χ0) is 24.9. The first kappa shape index (κ1) is 23.8. The van der Waals surface area contributed by atoms with E-state index in [0.717, 1.165) is 5.56 Å². The van der Waals surface area contributed by atoms with Crippen LogP contribution in [-0.2, 0) is 4.79 Å². The summed E-state index contributed by atoms with van der Waals surface area (Å²) in [7, 11) is 0. The van der Waals surface area contributed by atoms with Gasteiger partial charge in [0.25, 0.3) is 5.91 Å². The third kappa shape index (κ3) is 5.43. The van der Waals surface area contributed by atoms with Crippen LogP contribution in [0.5, 0.6) is 0 Å². The lowest BCUT2D eigenvalue weighted by Crippen LogP contribution is -2.38. The Morgan fingerprint density at radius 2 is 1.71 bits per heavy atom. The Balaban J connectivity index is 1.60. The highest BCUT2D eigenvalue weighted by Crippen LogP contribution is 2.25. The summed E-state index contributed by atoms with van der Waals surface area (Å²) in [5.41, 5.74) is 2.70. The molecule has 1 aromatic heterocycles. The fourth-order valence-electron chi connectivity index (χ4n) is 3.58. The van der Waals surface area contributed by atoms with Crippen molar-refractivity contribution in [3.8, 4) is 16.9 Å². The number of rotatable bonds is 7. The van der Waals surface area contributed by atoms with E-state index in [2.05, 4.69) is 10.3 Å². The van der Waals surface area contributed by atoms with E-state index in [-0.39, 0.29) is 30.4 Å². The lowest BCUT2D eigenvalue weighted by Gasteiger charge is -2.20. The zero-order valence-electron chi connectivity index (χ0n) is 19.3. The second-order valence-electron chi connectivity index (χ2n) is 7.99. The van der Waals surface area contributed by atoms with Crippen LogP contribution in [0, 0.1) is 18.6 Å². The minimum atomic E-state index is -0.471. The average molecular weight is 475 g/mol. The number of aromatic nitrogens is 2. The number of nitrogens with zero attached hydrogens (tertiary/aromatic N) is 3. The Hall–Kier alpha value is -4.33. The Labute approximate surface area is 201 Å². The zero-order valence-corrected chi connectivity index (χ0v) is 19.3. The van der Waals surface area contributed by atoms with E-state index >= 15 is 0 Å². The SMILES string of the molecule is CCN(CC(=O)Nc1nc(-c2ccccc2)cn1-c1ccc(C)c(F)c1)C(=O)c1ccc(F)cc1. The molecular formula is C27H24F2N4O2. The topological polar surface area (TPSA) is 67.2 Å². The van der Waals surface area contributed by atoms with Gasteiger partial charge in [-0.1, -0.05) is 36.4 Å². The number of hydrogen-bond acceptors (Lipinski definition) is 3. The van der Waals surface area contributed by atoms with Crippen molar-refractivity contribution in [2.45, 2.75) is 13.8 Å². The molecule has 0 aliphatic carbocycles. The van der Waals surface area contributed by atoms with Crippen molar-refractivity contribution in [1.29, 1.82) is 0 Å². The van der Waals surface area contributed by atoms with E-state index in [9.17, 15) is 18.4 Å². The summed E-state index contributed by atoms with van der Waals surface area (Å²) in [6, 6.07) is 19.3. The van der Waals surface area contributed by atoms with Crippen molar-refractivity contribution in [1.82, 2.24) is 14.5 Å². The Morgan fingerprint density at radius 3 is 2.37 bits per heavy atom. The maximum atomic E-state index is 14.3. The first-order valence-electron chi connectivity index (χ1n) is 11.1. The summed E-state index contributed by atoms with van der Waals surface area (Å²) in [6.45, 7) is 3.46. The van der Waals surface area contributed by atoms with Crippen LogP contribution >= 0.6 is 0 Å². The third-order valence-electron chi connectivity index (χ3n) is 5.55. The fraction of sp³-hybridized carbons (Fsp3) is 0.148. The molecule has 0 fully saturated rings. The van der Waals surface area contributed by atoms with Crippen LogP contribution in [0.25, 0.3) is 16.9 Å². The van der Waals surface area contributed by atoms with Gasteiger partial charge in [-0.2, -0.15) is 0 Å². The maximum absolute atomic E-state index is 14.3. The Kier molecular flexibility index (Phi) is 7.01. The van der Waals surface area contributed by atoms with Crippen LogP contribution in [0.2, 0.25) is 0 Å².